The van der Waals surface area contributed by atoms with Crippen LogP contribution in [-0.4, -0.2) is 53.8 Å². The number of anilines is 1. The highest BCUT2D eigenvalue weighted by Gasteiger charge is 2.16. The monoisotopic (exact) mass is 514 g/mol. The number of hydrogen-bond donors (Lipinski definition) is 3. The van der Waals surface area contributed by atoms with Crippen molar-refractivity contribution >= 4 is 34.9 Å². The molecule has 36 heavy (non-hydrogen) atoms. The Morgan fingerprint density at radius 2 is 1.92 bits per heavy atom. The fourth-order valence-corrected chi connectivity index (χ4v) is 4.56. The quantitative estimate of drug-likeness (QED) is 0.221. The second-order valence-electron chi connectivity index (χ2n) is 9.14. The number of hydrogen-bond acceptors (Lipinski definition) is 6. The van der Waals surface area contributed by atoms with Crippen LogP contribution in [0.2, 0.25) is 5.02 Å². The molecule has 0 aromatic heterocycles. The van der Waals surface area contributed by atoms with Gasteiger partial charge in [0.15, 0.2) is 6.61 Å². The van der Waals surface area contributed by atoms with Gasteiger partial charge < -0.3 is 21.0 Å². The first-order valence-corrected chi connectivity index (χ1v) is 12.8. The molecule has 1 aliphatic rings. The number of rotatable bonds is 12. The van der Waals surface area contributed by atoms with Crippen molar-refractivity contribution in [3.05, 3.63) is 64.2 Å². The summed E-state index contributed by atoms with van der Waals surface area (Å²) in [6.45, 7) is 3.21. The molecule has 1 saturated carbocycles. The molecule has 9 heteroatoms. The van der Waals surface area contributed by atoms with Gasteiger partial charge in [-0.3, -0.25) is 14.5 Å². The highest BCUT2D eigenvalue weighted by molar-refractivity contribution is 6.31. The molecule has 0 aliphatic heterocycles. The molecular formula is C27H35ClN4O4. The van der Waals surface area contributed by atoms with Crippen molar-refractivity contribution in [2.75, 3.05) is 32.0 Å². The van der Waals surface area contributed by atoms with Gasteiger partial charge in [0.25, 0.3) is 5.91 Å². The van der Waals surface area contributed by atoms with Crippen molar-refractivity contribution in [3.8, 4) is 0 Å². The van der Waals surface area contributed by atoms with Crippen molar-refractivity contribution < 1.29 is 19.5 Å². The lowest BCUT2D eigenvalue weighted by Crippen LogP contribution is -2.32. The number of nitrogens with two attached hydrogens (primary N) is 1. The number of carbonyl (C=O) groups is 2. The summed E-state index contributed by atoms with van der Waals surface area (Å²) in [7, 11) is 0. The molecule has 4 N–H and O–H groups in total. The van der Waals surface area contributed by atoms with Crippen LogP contribution in [0.15, 0.2) is 47.6 Å². The Morgan fingerprint density at radius 1 is 1.17 bits per heavy atom. The van der Waals surface area contributed by atoms with Crippen LogP contribution in [0, 0.1) is 5.92 Å². The van der Waals surface area contributed by atoms with Gasteiger partial charge >= 0.3 is 5.97 Å². The first-order valence-electron chi connectivity index (χ1n) is 12.4. The lowest BCUT2D eigenvalue weighted by atomic mass is 9.89. The summed E-state index contributed by atoms with van der Waals surface area (Å²) in [5.41, 5.74) is 9.47. The van der Waals surface area contributed by atoms with Gasteiger partial charge in [-0.25, -0.2) is 0 Å². The summed E-state index contributed by atoms with van der Waals surface area (Å²) >= 11 is 6.23. The van der Waals surface area contributed by atoms with Crippen molar-refractivity contribution in [2.24, 2.45) is 11.1 Å². The summed E-state index contributed by atoms with van der Waals surface area (Å²) < 4.78 is 0. The van der Waals surface area contributed by atoms with Crippen molar-refractivity contribution in [1.82, 2.24) is 10.2 Å². The van der Waals surface area contributed by atoms with Gasteiger partial charge in [0.2, 0.25) is 0 Å². The van der Waals surface area contributed by atoms with Crippen LogP contribution in [-0.2, 0) is 21.0 Å². The Hall–Kier alpha value is -3.10. The highest BCUT2D eigenvalue weighted by Crippen LogP contribution is 2.23. The van der Waals surface area contributed by atoms with E-state index in [1.807, 2.05) is 31.2 Å². The van der Waals surface area contributed by atoms with Crippen molar-refractivity contribution in [1.29, 1.82) is 0 Å². The molecule has 0 atom stereocenters. The predicted octanol–water partition coefficient (Wildman–Crippen LogP) is 4.29. The standard InChI is InChI=1S/C27H35ClN4O4/c1-2-32(17-26(34)35)16-22-13-21(11-12-24(22)29)27(20-9-6-10-23(28)14-20)31-36-18-25(33)30-15-19-7-4-3-5-8-19/h6,9-14,19H,2-5,7-8,15-18,29H2,1H3,(H,30,33)(H,34,35). The van der Waals surface area contributed by atoms with Gasteiger partial charge in [-0.15, -0.1) is 0 Å². The zero-order valence-corrected chi connectivity index (χ0v) is 21.5. The third-order valence-corrected chi connectivity index (χ3v) is 6.61. The Morgan fingerprint density at radius 3 is 2.61 bits per heavy atom. The average molecular weight is 515 g/mol. The van der Waals surface area contributed by atoms with Crippen LogP contribution in [0.5, 0.6) is 0 Å². The first-order chi connectivity index (χ1) is 17.4. The van der Waals surface area contributed by atoms with Crippen molar-refractivity contribution in [3.63, 3.8) is 0 Å². The second-order valence-corrected chi connectivity index (χ2v) is 9.58. The van der Waals surface area contributed by atoms with E-state index < -0.39 is 5.97 Å². The van der Waals surface area contributed by atoms with E-state index >= 15 is 0 Å². The van der Waals surface area contributed by atoms with Gasteiger partial charge in [0, 0.05) is 34.9 Å². The number of carboxylic acids is 1. The first kappa shape index (κ1) is 27.5. The van der Waals surface area contributed by atoms with E-state index in [0.717, 1.165) is 29.5 Å². The van der Waals surface area contributed by atoms with Gasteiger partial charge in [-0.1, -0.05) is 61.1 Å². The average Bonchev–Trinajstić information content (AvgIpc) is 2.86. The third-order valence-electron chi connectivity index (χ3n) is 6.38. The summed E-state index contributed by atoms with van der Waals surface area (Å²) in [4.78, 5) is 30.8. The van der Waals surface area contributed by atoms with Crippen molar-refractivity contribution in [2.45, 2.75) is 45.6 Å². The third kappa shape index (κ3) is 8.53. The zero-order chi connectivity index (χ0) is 25.9. The molecule has 0 heterocycles. The maximum atomic E-state index is 12.3. The molecule has 0 bridgehead atoms. The molecule has 0 saturated heterocycles. The fourth-order valence-electron chi connectivity index (χ4n) is 4.37. The summed E-state index contributed by atoms with van der Waals surface area (Å²) in [6.07, 6.45) is 6.02. The molecule has 8 nitrogen and oxygen atoms in total. The number of amides is 1. The number of likely N-dealkylation sites (N-methyl/N-ethyl adjacent to an activating group) is 1. The molecule has 2 aromatic rings. The van der Waals surface area contributed by atoms with Crippen LogP contribution in [0.1, 0.15) is 55.7 Å². The van der Waals surface area contributed by atoms with E-state index in [2.05, 4.69) is 10.5 Å². The molecule has 0 radical (unpaired) electrons. The number of nitrogens with one attached hydrogen (secondary N) is 1. The maximum absolute atomic E-state index is 12.3. The number of benzene rings is 2. The van der Waals surface area contributed by atoms with E-state index in [-0.39, 0.29) is 19.1 Å². The fraction of sp³-hybridized carbons (Fsp3) is 0.444. The molecule has 0 unspecified atom stereocenters. The normalized spacial score (nSPS) is 14.6. The van der Waals surface area contributed by atoms with Gasteiger partial charge in [-0.2, -0.15) is 0 Å². The minimum absolute atomic E-state index is 0.0888. The Bertz CT molecular complexity index is 1070. The van der Waals surface area contributed by atoms with Crippen LogP contribution in [0.4, 0.5) is 5.69 Å². The number of oxime groups is 1. The van der Waals surface area contributed by atoms with E-state index in [1.54, 1.807) is 23.1 Å². The Kier molecular flexibility index (Phi) is 10.6. The van der Waals surface area contributed by atoms with E-state index in [0.29, 0.717) is 42.0 Å². The number of nitrogens with zero attached hydrogens (tertiary/aromatic N) is 2. The molecule has 1 amide bonds. The van der Waals surface area contributed by atoms with E-state index in [1.165, 1.54) is 19.3 Å². The van der Waals surface area contributed by atoms with Gasteiger partial charge in [-0.05, 0) is 55.1 Å². The van der Waals surface area contributed by atoms with Gasteiger partial charge in [0.1, 0.15) is 5.71 Å². The van der Waals surface area contributed by atoms with Crippen LogP contribution >= 0.6 is 11.6 Å². The summed E-state index contributed by atoms with van der Waals surface area (Å²) in [5, 5.41) is 17.0. The second kappa shape index (κ2) is 13.8. The highest BCUT2D eigenvalue weighted by atomic mass is 35.5. The molecule has 1 aliphatic carbocycles. The SMILES string of the molecule is CCN(CC(=O)O)Cc1cc(C(=NOCC(=O)NCC2CCCCC2)c2cccc(Cl)c2)ccc1N. The summed E-state index contributed by atoms with van der Waals surface area (Å²) in [6, 6.07) is 12.7. The number of nitrogen functional groups attached to an aromatic ring is 1. The Balaban J connectivity index is 1.76. The predicted molar refractivity (Wildman–Crippen MR) is 142 cm³/mol. The molecule has 194 valence electrons. The lowest BCUT2D eigenvalue weighted by Gasteiger charge is -2.21. The van der Waals surface area contributed by atoms with E-state index in [9.17, 15) is 14.7 Å². The number of halogens is 1. The van der Waals surface area contributed by atoms with Crippen LogP contribution in [0.3, 0.4) is 0 Å². The smallest absolute Gasteiger partial charge is 0.317 e. The minimum atomic E-state index is -0.900. The Labute approximate surface area is 217 Å². The minimum Gasteiger partial charge on any atom is -0.480 e. The van der Waals surface area contributed by atoms with E-state index in [4.69, 9.17) is 22.2 Å². The summed E-state index contributed by atoms with van der Waals surface area (Å²) in [5.74, 6) is -0.576. The zero-order valence-electron chi connectivity index (χ0n) is 20.7. The molecule has 2 aromatic carbocycles. The number of carboxylic acid groups (broad SMARTS) is 1. The maximum Gasteiger partial charge on any atom is 0.317 e. The van der Waals surface area contributed by atoms with Crippen LogP contribution in [0.25, 0.3) is 0 Å². The molecule has 0 spiro atoms. The topological polar surface area (TPSA) is 117 Å². The largest absolute Gasteiger partial charge is 0.480 e. The molecular weight excluding hydrogens is 480 g/mol. The molecule has 1 fully saturated rings. The number of aliphatic carboxylic acids is 1. The van der Waals surface area contributed by atoms with Crippen LogP contribution < -0.4 is 11.1 Å². The lowest BCUT2D eigenvalue weighted by molar-refractivity contribution is -0.138. The van der Waals surface area contributed by atoms with Gasteiger partial charge in [0.05, 0.1) is 6.54 Å². The number of carbonyl (C=O) groups excluding carboxylic acids is 1. The molecule has 3 rings (SSSR count).